The summed E-state index contributed by atoms with van der Waals surface area (Å²) in [6, 6.07) is 7.74. The molecule has 2 atom stereocenters. The van der Waals surface area contributed by atoms with Gasteiger partial charge in [0, 0.05) is 17.2 Å². The number of thioether (sulfide) groups is 1. The highest BCUT2D eigenvalue weighted by atomic mass is 32.2. The first kappa shape index (κ1) is 13.6. The van der Waals surface area contributed by atoms with Gasteiger partial charge in [-0.2, -0.15) is 5.10 Å². The minimum atomic E-state index is -0.460. The third-order valence-corrected chi connectivity index (χ3v) is 5.06. The first-order valence-corrected chi connectivity index (χ1v) is 8.36. The molecule has 7 heteroatoms. The Balaban J connectivity index is 1.46. The first-order chi connectivity index (χ1) is 10.8. The van der Waals surface area contributed by atoms with Crippen LogP contribution in [0.1, 0.15) is 24.7 Å². The number of benzene rings is 1. The van der Waals surface area contributed by atoms with E-state index in [1.807, 2.05) is 28.9 Å². The fourth-order valence-corrected chi connectivity index (χ4v) is 3.82. The second kappa shape index (κ2) is 5.64. The van der Waals surface area contributed by atoms with E-state index in [2.05, 4.69) is 15.4 Å². The topological polar surface area (TPSA) is 69.0 Å². The molecule has 4 rings (SSSR count). The average Bonchev–Trinajstić information content (AvgIpc) is 3.04. The number of rotatable bonds is 2. The third-order valence-electron chi connectivity index (χ3n) is 3.94. The van der Waals surface area contributed by atoms with Gasteiger partial charge < -0.3 is 10.1 Å². The number of nitrogens with zero attached hydrogens (tertiary/aromatic N) is 3. The van der Waals surface area contributed by atoms with Gasteiger partial charge in [-0.1, -0.05) is 12.1 Å². The summed E-state index contributed by atoms with van der Waals surface area (Å²) in [6.07, 6.45) is 2.96. The molecule has 1 N–H and O–H groups in total. The summed E-state index contributed by atoms with van der Waals surface area (Å²) in [6.45, 7) is 0.866. The van der Waals surface area contributed by atoms with Crippen LogP contribution in [0.5, 0.6) is 5.75 Å². The molecule has 0 spiro atoms. The van der Waals surface area contributed by atoms with Gasteiger partial charge in [-0.05, 0) is 25.0 Å². The monoisotopic (exact) mass is 316 g/mol. The summed E-state index contributed by atoms with van der Waals surface area (Å²) < 4.78 is 7.69. The van der Waals surface area contributed by atoms with Crippen LogP contribution in [-0.2, 0) is 11.3 Å². The Morgan fingerprint density at radius 1 is 1.41 bits per heavy atom. The quantitative estimate of drug-likeness (QED) is 0.914. The molecule has 2 aliphatic heterocycles. The van der Waals surface area contributed by atoms with Crippen LogP contribution in [0.3, 0.4) is 0 Å². The van der Waals surface area contributed by atoms with E-state index in [9.17, 15) is 4.79 Å². The number of nitrogens with one attached hydrogen (secondary N) is 1. The molecule has 22 heavy (non-hydrogen) atoms. The summed E-state index contributed by atoms with van der Waals surface area (Å²) in [5.74, 6) is 2.17. The molecule has 0 unspecified atom stereocenters. The maximum absolute atomic E-state index is 12.5. The number of hydrogen-bond donors (Lipinski definition) is 1. The molecule has 0 bridgehead atoms. The van der Waals surface area contributed by atoms with E-state index in [0.29, 0.717) is 5.75 Å². The van der Waals surface area contributed by atoms with Crippen LogP contribution in [-0.4, -0.2) is 32.5 Å². The molecule has 3 heterocycles. The molecule has 6 nitrogen and oxygen atoms in total. The van der Waals surface area contributed by atoms with Crippen LogP contribution >= 0.6 is 11.8 Å². The van der Waals surface area contributed by atoms with Gasteiger partial charge in [-0.25, -0.2) is 9.67 Å². The Morgan fingerprint density at radius 2 is 2.32 bits per heavy atom. The lowest BCUT2D eigenvalue weighted by Crippen LogP contribution is -2.44. The van der Waals surface area contributed by atoms with Gasteiger partial charge in [0.1, 0.15) is 17.9 Å². The van der Waals surface area contributed by atoms with Crippen molar-refractivity contribution in [2.24, 2.45) is 0 Å². The fourth-order valence-electron chi connectivity index (χ4n) is 2.84. The number of ether oxygens (including phenoxy) is 1. The fraction of sp³-hybridized carbons (Fsp3) is 0.400. The van der Waals surface area contributed by atoms with Crippen molar-refractivity contribution < 1.29 is 9.53 Å². The first-order valence-electron chi connectivity index (χ1n) is 7.38. The van der Waals surface area contributed by atoms with E-state index in [0.717, 1.165) is 35.9 Å². The second-order valence-electron chi connectivity index (χ2n) is 5.41. The molecule has 2 aliphatic rings. The predicted octanol–water partition coefficient (Wildman–Crippen LogP) is 1.78. The van der Waals surface area contributed by atoms with Crippen molar-refractivity contribution in [2.45, 2.75) is 36.4 Å². The largest absolute Gasteiger partial charge is 0.479 e. The van der Waals surface area contributed by atoms with Crippen LogP contribution in [0.4, 0.5) is 0 Å². The lowest BCUT2D eigenvalue weighted by atomic mass is 10.1. The summed E-state index contributed by atoms with van der Waals surface area (Å²) in [7, 11) is 0. The lowest BCUT2D eigenvalue weighted by Gasteiger charge is -2.28. The Morgan fingerprint density at radius 3 is 3.27 bits per heavy atom. The summed E-state index contributed by atoms with van der Waals surface area (Å²) >= 11 is 1.66. The lowest BCUT2D eigenvalue weighted by molar-refractivity contribution is -0.128. The van der Waals surface area contributed by atoms with E-state index >= 15 is 0 Å². The molecule has 1 aromatic heterocycles. The maximum Gasteiger partial charge on any atom is 0.262 e. The highest BCUT2D eigenvalue weighted by Crippen LogP contribution is 2.35. The molecule has 0 saturated heterocycles. The normalized spacial score (nSPS) is 23.1. The number of fused-ring (bicyclic) bond motifs is 2. The number of aromatic nitrogens is 3. The second-order valence-corrected chi connectivity index (χ2v) is 6.47. The van der Waals surface area contributed by atoms with E-state index < -0.39 is 6.10 Å². The molecule has 1 aromatic carbocycles. The van der Waals surface area contributed by atoms with Gasteiger partial charge in [0.05, 0.1) is 6.04 Å². The van der Waals surface area contributed by atoms with Gasteiger partial charge in [0.25, 0.3) is 5.91 Å². The van der Waals surface area contributed by atoms with E-state index in [-0.39, 0.29) is 11.9 Å². The zero-order chi connectivity index (χ0) is 14.9. The standard InChI is InChI=1S/C15H16N4O2S/c20-15(12-8-22-13-6-2-1-5-11(13)21-12)18-10-4-3-7-19-14(10)16-9-17-19/h1-2,5-6,9-10,12H,3-4,7-8H2,(H,18,20)/t10-,12+/m0/s1. The van der Waals surface area contributed by atoms with Crippen molar-refractivity contribution in [3.05, 3.63) is 36.4 Å². The van der Waals surface area contributed by atoms with E-state index in [4.69, 9.17) is 4.74 Å². The summed E-state index contributed by atoms with van der Waals surface area (Å²) in [5.41, 5.74) is 0. The van der Waals surface area contributed by atoms with Gasteiger partial charge in [-0.15, -0.1) is 11.8 Å². The Labute approximate surface area is 132 Å². The molecular weight excluding hydrogens is 300 g/mol. The molecule has 2 aromatic rings. The molecule has 0 fully saturated rings. The van der Waals surface area contributed by atoms with Crippen molar-refractivity contribution in [1.82, 2.24) is 20.1 Å². The van der Waals surface area contributed by atoms with E-state index in [1.54, 1.807) is 18.1 Å². The predicted molar refractivity (Wildman–Crippen MR) is 81.7 cm³/mol. The molecule has 0 aliphatic carbocycles. The number of aryl methyl sites for hydroxylation is 1. The van der Waals surface area contributed by atoms with Gasteiger partial charge >= 0.3 is 0 Å². The highest BCUT2D eigenvalue weighted by Gasteiger charge is 2.30. The van der Waals surface area contributed by atoms with Crippen molar-refractivity contribution in [1.29, 1.82) is 0 Å². The summed E-state index contributed by atoms with van der Waals surface area (Å²) in [4.78, 5) is 17.9. The van der Waals surface area contributed by atoms with Crippen LogP contribution < -0.4 is 10.1 Å². The van der Waals surface area contributed by atoms with Crippen molar-refractivity contribution in [3.63, 3.8) is 0 Å². The Hall–Kier alpha value is -2.02. The van der Waals surface area contributed by atoms with Gasteiger partial charge in [-0.3, -0.25) is 4.79 Å². The van der Waals surface area contributed by atoms with Gasteiger partial charge in [0.2, 0.25) is 0 Å². The highest BCUT2D eigenvalue weighted by molar-refractivity contribution is 7.99. The molecular formula is C15H16N4O2S. The number of hydrogen-bond acceptors (Lipinski definition) is 5. The average molecular weight is 316 g/mol. The van der Waals surface area contributed by atoms with Crippen LogP contribution in [0.2, 0.25) is 0 Å². The number of carbonyl (C=O) groups is 1. The molecule has 0 radical (unpaired) electrons. The Kier molecular flexibility index (Phi) is 3.49. The van der Waals surface area contributed by atoms with E-state index in [1.165, 1.54) is 0 Å². The van der Waals surface area contributed by atoms with Crippen molar-refractivity contribution >= 4 is 17.7 Å². The Bertz CT molecular complexity index is 702. The van der Waals surface area contributed by atoms with Gasteiger partial charge in [0.15, 0.2) is 6.10 Å². The number of para-hydroxylation sites is 1. The smallest absolute Gasteiger partial charge is 0.262 e. The van der Waals surface area contributed by atoms with Crippen LogP contribution in [0.15, 0.2) is 35.5 Å². The summed E-state index contributed by atoms with van der Waals surface area (Å²) in [5, 5.41) is 7.24. The van der Waals surface area contributed by atoms with Crippen molar-refractivity contribution in [2.75, 3.05) is 5.75 Å². The minimum absolute atomic E-state index is 0.0745. The third kappa shape index (κ3) is 2.45. The minimum Gasteiger partial charge on any atom is -0.479 e. The number of carbonyl (C=O) groups excluding carboxylic acids is 1. The van der Waals surface area contributed by atoms with Crippen molar-refractivity contribution in [3.8, 4) is 5.75 Å². The van der Waals surface area contributed by atoms with Crippen LogP contribution in [0.25, 0.3) is 0 Å². The molecule has 114 valence electrons. The van der Waals surface area contributed by atoms with Crippen LogP contribution in [0, 0.1) is 0 Å². The molecule has 1 amide bonds. The molecule has 0 saturated carbocycles. The zero-order valence-electron chi connectivity index (χ0n) is 11.9. The SMILES string of the molecule is O=C(N[C@H]1CCCn2ncnc21)[C@H]1CSc2ccccc2O1. The maximum atomic E-state index is 12.5. The zero-order valence-corrected chi connectivity index (χ0v) is 12.8. The number of amides is 1.